The van der Waals surface area contributed by atoms with Crippen LogP contribution in [0.4, 0.5) is 0 Å². The first-order valence-electron chi connectivity index (χ1n) is 8.67. The van der Waals surface area contributed by atoms with Crippen LogP contribution in [0.1, 0.15) is 27.1 Å². The van der Waals surface area contributed by atoms with Gasteiger partial charge in [0.2, 0.25) is 6.79 Å². The number of ether oxygens (including phenoxy) is 6. The highest BCUT2D eigenvalue weighted by Gasteiger charge is 2.30. The highest BCUT2D eigenvalue weighted by atomic mass is 16.7. The second kappa shape index (κ2) is 7.30. The molecule has 146 valence electrons. The zero-order chi connectivity index (χ0) is 19.7. The predicted molar refractivity (Wildman–Crippen MR) is 96.3 cm³/mol. The van der Waals surface area contributed by atoms with Gasteiger partial charge in [0.15, 0.2) is 23.0 Å². The third kappa shape index (κ3) is 2.96. The molecule has 2 heterocycles. The van der Waals surface area contributed by atoms with E-state index in [1.807, 2.05) is 0 Å². The monoisotopic (exact) mass is 386 g/mol. The highest BCUT2D eigenvalue weighted by Crippen LogP contribution is 2.47. The van der Waals surface area contributed by atoms with E-state index < -0.39 is 11.9 Å². The molecule has 0 amide bonds. The molecule has 0 aliphatic carbocycles. The minimum atomic E-state index is -0.548. The van der Waals surface area contributed by atoms with E-state index in [0.717, 1.165) is 0 Å². The van der Waals surface area contributed by atoms with Crippen LogP contribution in [0.25, 0.3) is 11.1 Å². The standard InChI is InChI=1S/C20H18O8/c1-23-15-8-12-13(9-16(15)24-2)20(22)26-7-3-6-25-19(21)11-4-5-14-18(17(11)12)28-10-27-14/h4-5,8-9H,3,6-7,10H2,1-2H3. The molecule has 2 aromatic carbocycles. The first-order valence-corrected chi connectivity index (χ1v) is 8.67. The van der Waals surface area contributed by atoms with Crippen molar-refractivity contribution in [2.75, 3.05) is 34.2 Å². The number of fused-ring (bicyclic) bond motifs is 5. The van der Waals surface area contributed by atoms with Gasteiger partial charge in [0.25, 0.3) is 0 Å². The van der Waals surface area contributed by atoms with E-state index in [2.05, 4.69) is 0 Å². The molecular weight excluding hydrogens is 368 g/mol. The SMILES string of the molecule is COc1cc2c(cc1OC)-c1c(ccc3c1OCO3)C(=O)OCCCOC2=O. The Morgan fingerprint density at radius 1 is 0.786 bits per heavy atom. The number of carbonyl (C=O) groups excluding carboxylic acids is 2. The van der Waals surface area contributed by atoms with Gasteiger partial charge in [0, 0.05) is 17.5 Å². The van der Waals surface area contributed by atoms with Crippen LogP contribution < -0.4 is 18.9 Å². The van der Waals surface area contributed by atoms with E-state index in [1.165, 1.54) is 20.3 Å². The van der Waals surface area contributed by atoms with Gasteiger partial charge in [-0.3, -0.25) is 0 Å². The maximum absolute atomic E-state index is 12.8. The Morgan fingerprint density at radius 2 is 1.43 bits per heavy atom. The number of carbonyl (C=O) groups is 2. The zero-order valence-electron chi connectivity index (χ0n) is 15.4. The molecule has 0 radical (unpaired) electrons. The number of rotatable bonds is 2. The van der Waals surface area contributed by atoms with Crippen LogP contribution in [-0.4, -0.2) is 46.2 Å². The highest BCUT2D eigenvalue weighted by molar-refractivity contribution is 6.06. The second-order valence-electron chi connectivity index (χ2n) is 6.10. The summed E-state index contributed by atoms with van der Waals surface area (Å²) in [7, 11) is 2.96. The Balaban J connectivity index is 2.05. The molecule has 0 atom stereocenters. The van der Waals surface area contributed by atoms with Crippen molar-refractivity contribution in [2.24, 2.45) is 0 Å². The molecule has 4 rings (SSSR count). The smallest absolute Gasteiger partial charge is 0.338 e. The first-order chi connectivity index (χ1) is 13.6. The molecule has 0 bridgehead atoms. The lowest BCUT2D eigenvalue weighted by atomic mass is 9.93. The summed E-state index contributed by atoms with van der Waals surface area (Å²) >= 11 is 0. The van der Waals surface area contributed by atoms with Crippen molar-refractivity contribution < 1.29 is 38.0 Å². The Bertz CT molecular complexity index is 950. The third-order valence-electron chi connectivity index (χ3n) is 4.53. The van der Waals surface area contributed by atoms with Gasteiger partial charge in [-0.05, 0) is 24.3 Å². The van der Waals surface area contributed by atoms with Crippen molar-refractivity contribution >= 4 is 11.9 Å². The summed E-state index contributed by atoms with van der Waals surface area (Å²) in [4.78, 5) is 25.5. The van der Waals surface area contributed by atoms with Crippen LogP contribution in [0.15, 0.2) is 24.3 Å². The molecule has 0 unspecified atom stereocenters. The average molecular weight is 386 g/mol. The maximum atomic E-state index is 12.8. The Kier molecular flexibility index (Phi) is 4.68. The molecule has 8 heteroatoms. The van der Waals surface area contributed by atoms with Crippen LogP contribution in [0, 0.1) is 0 Å². The first kappa shape index (κ1) is 18.0. The van der Waals surface area contributed by atoms with Crippen molar-refractivity contribution in [2.45, 2.75) is 6.42 Å². The quantitative estimate of drug-likeness (QED) is 0.728. The fourth-order valence-electron chi connectivity index (χ4n) is 3.21. The van der Waals surface area contributed by atoms with Gasteiger partial charge in [0.05, 0.1) is 38.6 Å². The molecule has 2 aliphatic rings. The Hall–Kier alpha value is -3.42. The van der Waals surface area contributed by atoms with Gasteiger partial charge in [-0.1, -0.05) is 0 Å². The number of methoxy groups -OCH3 is 2. The normalized spacial score (nSPS) is 15.5. The van der Waals surface area contributed by atoms with Gasteiger partial charge in [-0.2, -0.15) is 0 Å². The van der Waals surface area contributed by atoms with Crippen molar-refractivity contribution in [1.82, 2.24) is 0 Å². The van der Waals surface area contributed by atoms with Crippen LogP contribution in [-0.2, 0) is 9.47 Å². The molecule has 2 aliphatic heterocycles. The van der Waals surface area contributed by atoms with E-state index >= 15 is 0 Å². The minimum absolute atomic E-state index is 0.00784. The summed E-state index contributed by atoms with van der Waals surface area (Å²) in [6.45, 7) is 0.255. The van der Waals surface area contributed by atoms with Gasteiger partial charge in [-0.25, -0.2) is 9.59 Å². The largest absolute Gasteiger partial charge is 0.493 e. The summed E-state index contributed by atoms with van der Waals surface area (Å²) in [5, 5.41) is 0. The average Bonchev–Trinajstić information content (AvgIpc) is 3.19. The maximum Gasteiger partial charge on any atom is 0.338 e. The molecule has 8 nitrogen and oxygen atoms in total. The van der Waals surface area contributed by atoms with Crippen molar-refractivity contribution in [1.29, 1.82) is 0 Å². The molecular formula is C20H18O8. The molecule has 0 N–H and O–H groups in total. The molecule has 28 heavy (non-hydrogen) atoms. The molecule has 0 spiro atoms. The summed E-state index contributed by atoms with van der Waals surface area (Å²) in [5.41, 5.74) is 1.26. The molecule has 2 aromatic rings. The summed E-state index contributed by atoms with van der Waals surface area (Å²) in [6.07, 6.45) is 0.389. The van der Waals surface area contributed by atoms with Gasteiger partial charge in [0.1, 0.15) is 0 Å². The molecule has 0 saturated carbocycles. The fraction of sp³-hybridized carbons (Fsp3) is 0.300. The van der Waals surface area contributed by atoms with E-state index in [4.69, 9.17) is 28.4 Å². The van der Waals surface area contributed by atoms with Gasteiger partial charge in [-0.15, -0.1) is 0 Å². The lowest BCUT2D eigenvalue weighted by Crippen LogP contribution is -2.10. The lowest BCUT2D eigenvalue weighted by Gasteiger charge is -2.17. The van der Waals surface area contributed by atoms with Crippen molar-refractivity contribution in [3.8, 4) is 34.1 Å². The number of hydrogen-bond donors (Lipinski definition) is 0. The topological polar surface area (TPSA) is 89.5 Å². The Morgan fingerprint density at radius 3 is 2.11 bits per heavy atom. The van der Waals surface area contributed by atoms with E-state index in [9.17, 15) is 9.59 Å². The van der Waals surface area contributed by atoms with Crippen LogP contribution >= 0.6 is 0 Å². The number of cyclic esters (lactones) is 2. The molecule has 0 fully saturated rings. The predicted octanol–water partition coefficient (Wildman–Crippen LogP) is 2.82. The van der Waals surface area contributed by atoms with E-state index in [1.54, 1.807) is 18.2 Å². The number of esters is 2. The number of benzene rings is 2. The van der Waals surface area contributed by atoms with Crippen LogP contribution in [0.2, 0.25) is 0 Å². The van der Waals surface area contributed by atoms with Gasteiger partial charge < -0.3 is 28.4 Å². The number of hydrogen-bond acceptors (Lipinski definition) is 8. The summed E-state index contributed by atoms with van der Waals surface area (Å²) in [5.74, 6) is 0.503. The van der Waals surface area contributed by atoms with Crippen molar-refractivity contribution in [3.63, 3.8) is 0 Å². The minimum Gasteiger partial charge on any atom is -0.493 e. The van der Waals surface area contributed by atoms with Crippen LogP contribution in [0.3, 0.4) is 0 Å². The van der Waals surface area contributed by atoms with Crippen molar-refractivity contribution in [3.05, 3.63) is 35.4 Å². The van der Waals surface area contributed by atoms with Gasteiger partial charge >= 0.3 is 11.9 Å². The van der Waals surface area contributed by atoms with Crippen LogP contribution in [0.5, 0.6) is 23.0 Å². The van der Waals surface area contributed by atoms with E-state index in [-0.39, 0.29) is 31.1 Å². The summed E-state index contributed by atoms with van der Waals surface area (Å²) in [6, 6.07) is 6.37. The molecule has 0 saturated heterocycles. The fourth-order valence-corrected chi connectivity index (χ4v) is 3.21. The third-order valence-corrected chi connectivity index (χ3v) is 4.53. The Labute approximate surface area is 160 Å². The summed E-state index contributed by atoms with van der Waals surface area (Å²) < 4.78 is 32.4. The van der Waals surface area contributed by atoms with E-state index in [0.29, 0.717) is 40.5 Å². The lowest BCUT2D eigenvalue weighted by molar-refractivity contribution is 0.0399. The molecule has 0 aromatic heterocycles. The zero-order valence-corrected chi connectivity index (χ0v) is 15.4. The second-order valence-corrected chi connectivity index (χ2v) is 6.10.